The Balaban J connectivity index is 2.25. The van der Waals surface area contributed by atoms with Gasteiger partial charge in [-0.05, 0) is 32.3 Å². The van der Waals surface area contributed by atoms with E-state index in [1.165, 1.54) is 4.57 Å². The Morgan fingerprint density at radius 2 is 1.94 bits per heavy atom. The van der Waals surface area contributed by atoms with Crippen LogP contribution in [0.3, 0.4) is 0 Å². The highest BCUT2D eigenvalue weighted by Crippen LogP contribution is 2.19. The average Bonchev–Trinajstić information content (AvgIpc) is 2.73. The van der Waals surface area contributed by atoms with Crippen molar-refractivity contribution in [3.63, 3.8) is 0 Å². The summed E-state index contributed by atoms with van der Waals surface area (Å²) >= 11 is 0. The van der Waals surface area contributed by atoms with E-state index in [1.54, 1.807) is 4.90 Å². The van der Waals surface area contributed by atoms with E-state index in [1.807, 2.05) is 51.1 Å². The van der Waals surface area contributed by atoms with Crippen LogP contribution >= 0.6 is 0 Å². The van der Waals surface area contributed by atoms with Gasteiger partial charge in [-0.2, -0.15) is 0 Å². The van der Waals surface area contributed by atoms with Gasteiger partial charge in [-0.25, -0.2) is 4.79 Å². The number of rotatable bonds is 13. The van der Waals surface area contributed by atoms with Crippen molar-refractivity contribution >= 4 is 17.4 Å². The number of carbonyl (C=O) groups excluding carboxylic acids is 1. The Labute approximate surface area is 188 Å². The predicted octanol–water partition coefficient (Wildman–Crippen LogP) is 1.86. The molecule has 176 valence electrons. The van der Waals surface area contributed by atoms with Gasteiger partial charge in [0.25, 0.3) is 5.56 Å². The van der Waals surface area contributed by atoms with Crippen LogP contribution in [0.25, 0.3) is 0 Å². The quantitative estimate of drug-likeness (QED) is 0.405. The lowest BCUT2D eigenvalue weighted by Crippen LogP contribution is -2.43. The molecular weight excluding hydrogens is 410 g/mol. The molecule has 4 N–H and O–H groups in total. The van der Waals surface area contributed by atoms with Crippen LogP contribution in [0.2, 0.25) is 0 Å². The second-order valence-corrected chi connectivity index (χ2v) is 7.96. The summed E-state index contributed by atoms with van der Waals surface area (Å²) in [4.78, 5) is 41.6. The summed E-state index contributed by atoms with van der Waals surface area (Å²) in [5.74, 6) is -0.170. The smallest absolute Gasteiger partial charge is 0.330 e. The SMILES string of the molecule is CCCCn1c(N)c(N(CC(=O)NCCCOC(C)C)Cc2ccccc2)c(=O)[nH]c1=O. The first-order valence-electron chi connectivity index (χ1n) is 11.1. The Bertz CT molecular complexity index is 969. The van der Waals surface area contributed by atoms with Crippen LogP contribution in [-0.2, 0) is 22.6 Å². The normalized spacial score (nSPS) is 11.0. The molecule has 0 unspecified atom stereocenters. The van der Waals surface area contributed by atoms with Gasteiger partial charge in [-0.1, -0.05) is 43.7 Å². The van der Waals surface area contributed by atoms with Gasteiger partial charge in [-0.15, -0.1) is 0 Å². The number of nitrogens with zero attached hydrogens (tertiary/aromatic N) is 2. The number of ether oxygens (including phenoxy) is 1. The first kappa shape index (κ1) is 25.2. The van der Waals surface area contributed by atoms with Crippen LogP contribution in [0.1, 0.15) is 45.6 Å². The number of hydrogen-bond donors (Lipinski definition) is 3. The molecule has 1 aromatic carbocycles. The molecule has 2 rings (SSSR count). The fraction of sp³-hybridized carbons (Fsp3) is 0.522. The van der Waals surface area contributed by atoms with E-state index in [2.05, 4.69) is 10.3 Å². The average molecular weight is 446 g/mol. The largest absolute Gasteiger partial charge is 0.383 e. The minimum Gasteiger partial charge on any atom is -0.383 e. The molecule has 0 fully saturated rings. The van der Waals surface area contributed by atoms with Crippen molar-refractivity contribution in [2.75, 3.05) is 30.3 Å². The van der Waals surface area contributed by atoms with E-state index in [0.29, 0.717) is 32.7 Å². The van der Waals surface area contributed by atoms with Crippen molar-refractivity contribution in [2.45, 2.75) is 59.2 Å². The van der Waals surface area contributed by atoms with Gasteiger partial charge in [0, 0.05) is 26.2 Å². The van der Waals surface area contributed by atoms with E-state index in [4.69, 9.17) is 10.5 Å². The van der Waals surface area contributed by atoms with Crippen molar-refractivity contribution < 1.29 is 9.53 Å². The molecular formula is C23H35N5O4. The van der Waals surface area contributed by atoms with E-state index in [-0.39, 0.29) is 30.1 Å². The zero-order chi connectivity index (χ0) is 23.5. The fourth-order valence-corrected chi connectivity index (χ4v) is 3.29. The predicted molar refractivity (Wildman–Crippen MR) is 127 cm³/mol. The van der Waals surface area contributed by atoms with Gasteiger partial charge < -0.3 is 20.7 Å². The third-order valence-electron chi connectivity index (χ3n) is 4.91. The number of H-pyrrole nitrogens is 1. The summed E-state index contributed by atoms with van der Waals surface area (Å²) in [5.41, 5.74) is 6.17. The highest BCUT2D eigenvalue weighted by atomic mass is 16.5. The Hall–Kier alpha value is -3.07. The Morgan fingerprint density at radius 3 is 2.59 bits per heavy atom. The molecule has 0 bridgehead atoms. The number of unbranched alkanes of at least 4 members (excludes halogenated alkanes) is 1. The number of nitrogens with two attached hydrogens (primary N) is 1. The minimum absolute atomic E-state index is 0.0702. The lowest BCUT2D eigenvalue weighted by molar-refractivity contribution is -0.119. The summed E-state index contributed by atoms with van der Waals surface area (Å²) in [7, 11) is 0. The van der Waals surface area contributed by atoms with Gasteiger partial charge in [0.05, 0.1) is 12.6 Å². The molecule has 0 saturated carbocycles. The molecule has 9 heteroatoms. The summed E-state index contributed by atoms with van der Waals surface area (Å²) < 4.78 is 6.85. The number of aromatic nitrogens is 2. The number of amides is 1. The maximum Gasteiger partial charge on any atom is 0.330 e. The zero-order valence-electron chi connectivity index (χ0n) is 19.2. The number of benzene rings is 1. The van der Waals surface area contributed by atoms with Crippen LogP contribution in [0, 0.1) is 0 Å². The summed E-state index contributed by atoms with van der Waals surface area (Å²) in [6, 6.07) is 9.49. The molecule has 2 aromatic rings. The summed E-state index contributed by atoms with van der Waals surface area (Å²) in [6.45, 7) is 7.57. The first-order chi connectivity index (χ1) is 15.3. The summed E-state index contributed by atoms with van der Waals surface area (Å²) in [5, 5.41) is 2.86. The molecule has 1 heterocycles. The molecule has 0 spiro atoms. The molecule has 0 aliphatic rings. The highest BCUT2D eigenvalue weighted by Gasteiger charge is 2.21. The zero-order valence-corrected chi connectivity index (χ0v) is 19.2. The molecule has 1 amide bonds. The third-order valence-corrected chi connectivity index (χ3v) is 4.91. The van der Waals surface area contributed by atoms with Crippen LogP contribution in [-0.4, -0.2) is 41.3 Å². The lowest BCUT2D eigenvalue weighted by atomic mass is 10.2. The molecule has 0 radical (unpaired) electrons. The molecule has 32 heavy (non-hydrogen) atoms. The van der Waals surface area contributed by atoms with Crippen molar-refractivity contribution in [3.05, 3.63) is 56.7 Å². The maximum absolute atomic E-state index is 12.7. The number of carbonyl (C=O) groups is 1. The number of nitrogens with one attached hydrogen (secondary N) is 2. The number of hydrogen-bond acceptors (Lipinski definition) is 6. The monoisotopic (exact) mass is 445 g/mol. The Kier molecular flexibility index (Phi) is 10.0. The second kappa shape index (κ2) is 12.7. The molecule has 0 aliphatic heterocycles. The molecule has 1 aromatic heterocycles. The lowest BCUT2D eigenvalue weighted by Gasteiger charge is -2.26. The van der Waals surface area contributed by atoms with E-state index < -0.39 is 11.2 Å². The van der Waals surface area contributed by atoms with E-state index >= 15 is 0 Å². The van der Waals surface area contributed by atoms with Crippen molar-refractivity contribution in [2.24, 2.45) is 0 Å². The number of aromatic amines is 1. The topological polar surface area (TPSA) is 122 Å². The van der Waals surface area contributed by atoms with Gasteiger partial charge in [0.2, 0.25) is 5.91 Å². The van der Waals surface area contributed by atoms with Crippen LogP contribution in [0.4, 0.5) is 11.5 Å². The van der Waals surface area contributed by atoms with Crippen LogP contribution in [0.5, 0.6) is 0 Å². The third kappa shape index (κ3) is 7.56. The van der Waals surface area contributed by atoms with Gasteiger partial charge in [0.15, 0.2) is 0 Å². The van der Waals surface area contributed by atoms with Gasteiger partial charge in [-0.3, -0.25) is 19.1 Å². The number of nitrogen functional groups attached to an aromatic ring is 1. The second-order valence-electron chi connectivity index (χ2n) is 7.96. The Morgan fingerprint density at radius 1 is 1.22 bits per heavy atom. The van der Waals surface area contributed by atoms with Crippen LogP contribution < -0.4 is 27.2 Å². The van der Waals surface area contributed by atoms with Crippen LogP contribution in [0.15, 0.2) is 39.9 Å². The van der Waals surface area contributed by atoms with Crippen molar-refractivity contribution in [3.8, 4) is 0 Å². The fourth-order valence-electron chi connectivity index (χ4n) is 3.29. The molecule has 0 aliphatic carbocycles. The van der Waals surface area contributed by atoms with E-state index in [0.717, 1.165) is 18.4 Å². The number of anilines is 2. The maximum atomic E-state index is 12.7. The van der Waals surface area contributed by atoms with Gasteiger partial charge in [0.1, 0.15) is 11.5 Å². The summed E-state index contributed by atoms with van der Waals surface area (Å²) in [6.07, 6.45) is 2.45. The molecule has 0 atom stereocenters. The molecule has 9 nitrogen and oxygen atoms in total. The first-order valence-corrected chi connectivity index (χ1v) is 11.1. The molecule has 0 saturated heterocycles. The highest BCUT2D eigenvalue weighted by molar-refractivity contribution is 5.82. The van der Waals surface area contributed by atoms with Crippen molar-refractivity contribution in [1.82, 2.24) is 14.9 Å². The van der Waals surface area contributed by atoms with E-state index in [9.17, 15) is 14.4 Å². The van der Waals surface area contributed by atoms with Gasteiger partial charge >= 0.3 is 5.69 Å². The standard InChI is InChI=1S/C23H35N5O4/c1-4-5-13-28-21(24)20(22(30)26-23(28)31)27(15-18-10-7-6-8-11-18)16-19(29)25-12-9-14-32-17(2)3/h6-8,10-11,17H,4-5,9,12-16,24H2,1-3H3,(H,25,29)(H,26,30,31). The van der Waals surface area contributed by atoms with Crippen molar-refractivity contribution in [1.29, 1.82) is 0 Å². The minimum atomic E-state index is -0.602.